The molecule has 0 radical (unpaired) electrons. The molecule has 12 nitrogen and oxygen atoms in total. The van der Waals surface area contributed by atoms with Gasteiger partial charge in [-0.2, -0.15) is 15.3 Å². The van der Waals surface area contributed by atoms with E-state index in [1.807, 2.05) is 37.4 Å². The fourth-order valence-corrected chi connectivity index (χ4v) is 4.97. The Morgan fingerprint density at radius 3 is 2.62 bits per heavy atom. The van der Waals surface area contributed by atoms with Gasteiger partial charge in [0.25, 0.3) is 0 Å². The Kier molecular flexibility index (Phi) is 6.83. The first-order valence-corrected chi connectivity index (χ1v) is 13.1. The van der Waals surface area contributed by atoms with Crippen molar-refractivity contribution in [3.63, 3.8) is 0 Å². The summed E-state index contributed by atoms with van der Waals surface area (Å²) in [5, 5.41) is 19.5. The number of nitrogens with zero attached hydrogens (tertiary/aromatic N) is 8. The summed E-state index contributed by atoms with van der Waals surface area (Å²) in [7, 11) is 5.48. The summed E-state index contributed by atoms with van der Waals surface area (Å²) in [5.41, 5.74) is 8.26. The number of hydrogen-bond acceptors (Lipinski definition) is 8. The number of aromatic nitrogens is 8. The van der Waals surface area contributed by atoms with Crippen LogP contribution >= 0.6 is 0 Å². The number of benzene rings is 1. The molecule has 40 heavy (non-hydrogen) atoms. The second-order valence-corrected chi connectivity index (χ2v) is 9.71. The first kappa shape index (κ1) is 25.4. The van der Waals surface area contributed by atoms with Gasteiger partial charge >= 0.3 is 0 Å². The third-order valence-electron chi connectivity index (χ3n) is 6.86. The molecule has 0 bridgehead atoms. The molecule has 0 atom stereocenters. The maximum absolute atomic E-state index is 12.1. The lowest BCUT2D eigenvalue weighted by atomic mass is 9.91. The Morgan fingerprint density at radius 1 is 1.02 bits per heavy atom. The molecule has 4 aromatic heterocycles. The van der Waals surface area contributed by atoms with E-state index in [2.05, 4.69) is 50.1 Å². The van der Waals surface area contributed by atoms with Crippen LogP contribution in [0.2, 0.25) is 0 Å². The maximum atomic E-state index is 12.1. The van der Waals surface area contributed by atoms with Crippen molar-refractivity contribution < 1.29 is 9.53 Å². The second-order valence-electron chi connectivity index (χ2n) is 9.71. The molecule has 0 spiro atoms. The molecule has 204 valence electrons. The van der Waals surface area contributed by atoms with Gasteiger partial charge in [-0.3, -0.25) is 18.8 Å². The van der Waals surface area contributed by atoms with E-state index in [0.29, 0.717) is 24.9 Å². The Bertz CT molecular complexity index is 1660. The lowest BCUT2D eigenvalue weighted by Crippen LogP contribution is -2.30. The topological polar surface area (TPSA) is 130 Å². The summed E-state index contributed by atoms with van der Waals surface area (Å²) in [5.74, 6) is 0.850. The zero-order chi connectivity index (χ0) is 27.6. The summed E-state index contributed by atoms with van der Waals surface area (Å²) >= 11 is 0. The van der Waals surface area contributed by atoms with Gasteiger partial charge in [-0.15, -0.1) is 0 Å². The number of amides is 1. The van der Waals surface area contributed by atoms with Gasteiger partial charge in [0.05, 0.1) is 29.9 Å². The van der Waals surface area contributed by atoms with Crippen molar-refractivity contribution in [1.29, 1.82) is 0 Å². The Morgan fingerprint density at radius 2 is 1.85 bits per heavy atom. The van der Waals surface area contributed by atoms with Crippen molar-refractivity contribution in [2.45, 2.75) is 19.4 Å². The van der Waals surface area contributed by atoms with Gasteiger partial charge < -0.3 is 15.4 Å². The van der Waals surface area contributed by atoms with Gasteiger partial charge in [-0.25, -0.2) is 9.97 Å². The van der Waals surface area contributed by atoms with E-state index >= 15 is 0 Å². The smallest absolute Gasteiger partial charge is 0.241 e. The van der Waals surface area contributed by atoms with Crippen LogP contribution in [0, 0.1) is 0 Å². The van der Waals surface area contributed by atoms with Crippen molar-refractivity contribution in [3.8, 4) is 33.6 Å². The number of rotatable bonds is 9. The van der Waals surface area contributed by atoms with Crippen molar-refractivity contribution in [3.05, 3.63) is 66.4 Å². The minimum Gasteiger partial charge on any atom is -0.383 e. The SMILES string of the molecule is COCCNC(=O)Cn1ccc(Nc2ncc3c(n2)-c2c(nn(C)c2-c2ccc(-c4cnn(C)c4)cc2)CC3)n1. The normalized spacial score (nSPS) is 12.2. The van der Waals surface area contributed by atoms with Crippen LogP contribution in [0.15, 0.2) is 55.1 Å². The van der Waals surface area contributed by atoms with Crippen LogP contribution in [0.25, 0.3) is 33.6 Å². The van der Waals surface area contributed by atoms with Crippen LogP contribution in [-0.2, 0) is 43.0 Å². The molecule has 5 aromatic rings. The van der Waals surface area contributed by atoms with E-state index in [1.165, 1.54) is 0 Å². The zero-order valence-corrected chi connectivity index (χ0v) is 22.6. The van der Waals surface area contributed by atoms with E-state index in [4.69, 9.17) is 14.8 Å². The van der Waals surface area contributed by atoms with Crippen LogP contribution in [0.3, 0.4) is 0 Å². The van der Waals surface area contributed by atoms with Gasteiger partial charge in [-0.1, -0.05) is 24.3 Å². The van der Waals surface area contributed by atoms with Crippen molar-refractivity contribution in [2.75, 3.05) is 25.6 Å². The summed E-state index contributed by atoms with van der Waals surface area (Å²) < 4.78 is 10.3. The van der Waals surface area contributed by atoms with Crippen LogP contribution in [-0.4, -0.2) is 65.5 Å². The van der Waals surface area contributed by atoms with Gasteiger partial charge in [-0.05, 0) is 24.0 Å². The standard InChI is InChI=1S/C28H30N10O2/c1-36-16-21(15-31-36)18-4-6-19(7-5-18)27-25-22(34-37(27)2)9-8-20-14-30-28(33-26(20)25)32-23-10-12-38(35-23)17-24(39)29-11-13-40-3/h4-7,10,12,14-16H,8-9,11,13,17H2,1-3H3,(H,29,39)(H,30,32,33,35). The number of methoxy groups -OCH3 is 1. The maximum Gasteiger partial charge on any atom is 0.241 e. The monoisotopic (exact) mass is 538 g/mol. The number of hydrogen-bond donors (Lipinski definition) is 2. The van der Waals surface area contributed by atoms with Crippen molar-refractivity contribution >= 4 is 17.7 Å². The molecule has 4 heterocycles. The Labute approximate surface area is 231 Å². The number of fused-ring (bicyclic) bond motifs is 3. The summed E-state index contributed by atoms with van der Waals surface area (Å²) in [6.45, 7) is 1.03. The zero-order valence-electron chi connectivity index (χ0n) is 22.6. The van der Waals surface area contributed by atoms with Crippen molar-refractivity contribution in [2.24, 2.45) is 14.1 Å². The first-order chi connectivity index (χ1) is 19.5. The highest BCUT2D eigenvalue weighted by Gasteiger charge is 2.27. The van der Waals surface area contributed by atoms with E-state index < -0.39 is 0 Å². The average Bonchev–Trinajstić information content (AvgIpc) is 3.67. The average molecular weight is 539 g/mol. The van der Waals surface area contributed by atoms with E-state index in [-0.39, 0.29) is 12.5 Å². The van der Waals surface area contributed by atoms with E-state index in [0.717, 1.165) is 57.7 Å². The summed E-state index contributed by atoms with van der Waals surface area (Å²) in [4.78, 5) is 21.5. The molecule has 1 aliphatic carbocycles. The molecule has 0 fully saturated rings. The molecule has 6 rings (SSSR count). The van der Waals surface area contributed by atoms with E-state index in [1.54, 1.807) is 28.7 Å². The highest BCUT2D eigenvalue weighted by molar-refractivity contribution is 5.85. The predicted molar refractivity (Wildman–Crippen MR) is 150 cm³/mol. The molecule has 0 saturated carbocycles. The van der Waals surface area contributed by atoms with Gasteiger partial charge in [0.1, 0.15) is 6.54 Å². The fraction of sp³-hybridized carbons (Fsp3) is 0.286. The number of nitrogens with one attached hydrogen (secondary N) is 2. The molecule has 12 heteroatoms. The largest absolute Gasteiger partial charge is 0.383 e. The quantitative estimate of drug-likeness (QED) is 0.274. The minimum absolute atomic E-state index is 0.110. The number of carbonyl (C=O) groups is 1. The third-order valence-corrected chi connectivity index (χ3v) is 6.86. The summed E-state index contributed by atoms with van der Waals surface area (Å²) in [6, 6.07) is 10.2. The minimum atomic E-state index is -0.137. The lowest BCUT2D eigenvalue weighted by Gasteiger charge is -2.17. The second kappa shape index (κ2) is 10.7. The molecule has 1 amide bonds. The molecular formula is C28H30N10O2. The van der Waals surface area contributed by atoms with E-state index in [9.17, 15) is 4.79 Å². The van der Waals surface area contributed by atoms with Crippen LogP contribution in [0.4, 0.5) is 11.8 Å². The number of aryl methyl sites for hydroxylation is 4. The van der Waals surface area contributed by atoms with Crippen LogP contribution in [0.1, 0.15) is 11.3 Å². The predicted octanol–water partition coefficient (Wildman–Crippen LogP) is 2.75. The van der Waals surface area contributed by atoms with Crippen LogP contribution < -0.4 is 10.6 Å². The third kappa shape index (κ3) is 5.08. The first-order valence-electron chi connectivity index (χ1n) is 13.1. The number of ether oxygens (including phenoxy) is 1. The summed E-state index contributed by atoms with van der Waals surface area (Å²) in [6.07, 6.45) is 9.13. The molecule has 1 aromatic carbocycles. The molecule has 1 aliphatic rings. The molecule has 2 N–H and O–H groups in total. The number of carbonyl (C=O) groups excluding carboxylic acids is 1. The Balaban J connectivity index is 1.25. The molecular weight excluding hydrogens is 508 g/mol. The van der Waals surface area contributed by atoms with Gasteiger partial charge in [0.2, 0.25) is 11.9 Å². The molecule has 0 saturated heterocycles. The van der Waals surface area contributed by atoms with Gasteiger partial charge in [0.15, 0.2) is 5.82 Å². The van der Waals surface area contributed by atoms with Crippen LogP contribution in [0.5, 0.6) is 0 Å². The lowest BCUT2D eigenvalue weighted by molar-refractivity contribution is -0.122. The number of anilines is 2. The molecule has 0 aliphatic heterocycles. The molecule has 0 unspecified atom stereocenters. The Hall–Kier alpha value is -4.84. The fourth-order valence-electron chi connectivity index (χ4n) is 4.97. The van der Waals surface area contributed by atoms with Gasteiger partial charge in [0, 0.05) is 69.1 Å². The highest BCUT2D eigenvalue weighted by atomic mass is 16.5. The van der Waals surface area contributed by atoms with Crippen molar-refractivity contribution in [1.82, 2.24) is 44.6 Å². The highest BCUT2D eigenvalue weighted by Crippen LogP contribution is 2.40.